The first-order valence-electron chi connectivity index (χ1n) is 8.57. The number of guanidine groups is 1. The van der Waals surface area contributed by atoms with Gasteiger partial charge in [-0.3, -0.25) is 4.79 Å². The maximum Gasteiger partial charge on any atom is 0.224 e. The monoisotopic (exact) mass is 462 g/mol. The van der Waals surface area contributed by atoms with Gasteiger partial charge in [-0.05, 0) is 38.5 Å². The normalized spacial score (nSPS) is 10.6. The van der Waals surface area contributed by atoms with Crippen molar-refractivity contribution in [3.05, 3.63) is 29.8 Å². The van der Waals surface area contributed by atoms with Gasteiger partial charge in [0.2, 0.25) is 5.91 Å². The fourth-order valence-electron chi connectivity index (χ4n) is 2.27. The topological polar surface area (TPSA) is 66.0 Å². The number of ether oxygens (including phenoxy) is 1. The van der Waals surface area contributed by atoms with E-state index in [1.54, 1.807) is 7.11 Å². The van der Waals surface area contributed by atoms with Crippen molar-refractivity contribution < 1.29 is 9.53 Å². The van der Waals surface area contributed by atoms with Crippen molar-refractivity contribution >= 4 is 35.8 Å². The number of carbonyl (C=O) groups is 1. The second kappa shape index (κ2) is 13.7. The summed E-state index contributed by atoms with van der Waals surface area (Å²) >= 11 is 0. The minimum Gasteiger partial charge on any atom is -0.497 e. The van der Waals surface area contributed by atoms with E-state index in [4.69, 9.17) is 4.74 Å². The number of halogens is 1. The largest absolute Gasteiger partial charge is 0.497 e. The van der Waals surface area contributed by atoms with E-state index in [1.807, 2.05) is 49.9 Å². The Morgan fingerprint density at radius 1 is 1.12 bits per heavy atom. The molecule has 7 heteroatoms. The Labute approximate surface area is 168 Å². The number of carbonyl (C=O) groups excluding carboxylic acids is 1. The summed E-state index contributed by atoms with van der Waals surface area (Å²) in [5, 5.41) is 6.41. The van der Waals surface area contributed by atoms with Crippen molar-refractivity contribution in [1.82, 2.24) is 15.5 Å². The Morgan fingerprint density at radius 3 is 2.28 bits per heavy atom. The average Bonchev–Trinajstić information content (AvgIpc) is 2.61. The number of nitrogens with one attached hydrogen (secondary N) is 2. The van der Waals surface area contributed by atoms with Crippen LogP contribution in [0.3, 0.4) is 0 Å². The molecule has 0 aliphatic rings. The summed E-state index contributed by atoms with van der Waals surface area (Å²) in [7, 11) is 1.65. The molecule has 0 atom stereocenters. The molecule has 0 fully saturated rings. The third-order valence-electron chi connectivity index (χ3n) is 3.67. The molecular weight excluding hydrogens is 431 g/mol. The standard InChI is InChI=1S/C18H30N4O2.HI/c1-5-19-18(20-13-12-17(23)22(6-2)7-3)21-14-15-8-10-16(24-4)11-9-15;/h8-11H,5-7,12-14H2,1-4H3,(H2,19,20,21);1H. The van der Waals surface area contributed by atoms with Gasteiger partial charge < -0.3 is 20.3 Å². The lowest BCUT2D eigenvalue weighted by Gasteiger charge is -2.19. The van der Waals surface area contributed by atoms with E-state index >= 15 is 0 Å². The van der Waals surface area contributed by atoms with Gasteiger partial charge in [0, 0.05) is 32.6 Å². The average molecular weight is 462 g/mol. The molecule has 0 aliphatic heterocycles. The highest BCUT2D eigenvalue weighted by Gasteiger charge is 2.09. The predicted octanol–water partition coefficient (Wildman–Crippen LogP) is 2.63. The van der Waals surface area contributed by atoms with Gasteiger partial charge in [0.15, 0.2) is 5.96 Å². The van der Waals surface area contributed by atoms with E-state index in [-0.39, 0.29) is 29.9 Å². The third kappa shape index (κ3) is 8.94. The predicted molar refractivity (Wildman–Crippen MR) is 114 cm³/mol. The zero-order valence-corrected chi connectivity index (χ0v) is 18.0. The van der Waals surface area contributed by atoms with Gasteiger partial charge in [-0.15, -0.1) is 24.0 Å². The van der Waals surface area contributed by atoms with Crippen LogP contribution in [-0.4, -0.2) is 50.1 Å². The van der Waals surface area contributed by atoms with Crippen molar-refractivity contribution in [2.45, 2.75) is 33.7 Å². The van der Waals surface area contributed by atoms with Gasteiger partial charge in [-0.25, -0.2) is 4.99 Å². The summed E-state index contributed by atoms with van der Waals surface area (Å²) in [6.07, 6.45) is 0.467. The molecule has 1 amide bonds. The molecule has 0 aliphatic carbocycles. The highest BCUT2D eigenvalue weighted by molar-refractivity contribution is 14.0. The molecule has 0 spiro atoms. The Bertz CT molecular complexity index is 516. The molecule has 0 heterocycles. The molecule has 2 N–H and O–H groups in total. The molecule has 0 bridgehead atoms. The first-order valence-corrected chi connectivity index (χ1v) is 8.57. The first kappa shape index (κ1) is 23.5. The van der Waals surface area contributed by atoms with Gasteiger partial charge in [-0.2, -0.15) is 0 Å². The fourth-order valence-corrected chi connectivity index (χ4v) is 2.27. The van der Waals surface area contributed by atoms with Crippen LogP contribution in [-0.2, 0) is 11.3 Å². The Morgan fingerprint density at radius 2 is 1.76 bits per heavy atom. The minimum atomic E-state index is 0. The number of amides is 1. The van der Waals surface area contributed by atoms with E-state index in [0.29, 0.717) is 19.5 Å². The zero-order valence-electron chi connectivity index (χ0n) is 15.7. The van der Waals surface area contributed by atoms with Gasteiger partial charge in [0.25, 0.3) is 0 Å². The van der Waals surface area contributed by atoms with Crippen LogP contribution in [0.2, 0.25) is 0 Å². The molecule has 1 rings (SSSR count). The van der Waals surface area contributed by atoms with Crippen LogP contribution in [0.25, 0.3) is 0 Å². The lowest BCUT2D eigenvalue weighted by molar-refractivity contribution is -0.130. The molecule has 0 saturated carbocycles. The molecule has 25 heavy (non-hydrogen) atoms. The number of methoxy groups -OCH3 is 1. The number of benzene rings is 1. The van der Waals surface area contributed by atoms with Crippen LogP contribution in [0.1, 0.15) is 32.8 Å². The minimum absolute atomic E-state index is 0. The summed E-state index contributed by atoms with van der Waals surface area (Å²) in [5.74, 6) is 1.72. The van der Waals surface area contributed by atoms with Crippen LogP contribution in [0.4, 0.5) is 0 Å². The first-order chi connectivity index (χ1) is 11.6. The number of nitrogens with zero attached hydrogens (tertiary/aromatic N) is 2. The summed E-state index contributed by atoms with van der Waals surface area (Å²) in [4.78, 5) is 18.4. The van der Waals surface area contributed by atoms with Crippen molar-refractivity contribution in [2.75, 3.05) is 33.3 Å². The Balaban J connectivity index is 0.00000576. The lowest BCUT2D eigenvalue weighted by Crippen LogP contribution is -2.40. The lowest BCUT2D eigenvalue weighted by atomic mass is 10.2. The summed E-state index contributed by atoms with van der Waals surface area (Å²) in [6, 6.07) is 7.84. The molecule has 0 unspecified atom stereocenters. The Kier molecular flexibility index (Phi) is 12.9. The van der Waals surface area contributed by atoms with E-state index < -0.39 is 0 Å². The van der Waals surface area contributed by atoms with Crippen LogP contribution in [0.15, 0.2) is 29.3 Å². The van der Waals surface area contributed by atoms with Gasteiger partial charge in [0.05, 0.1) is 13.7 Å². The number of hydrogen-bond acceptors (Lipinski definition) is 3. The van der Waals surface area contributed by atoms with Crippen molar-refractivity contribution in [1.29, 1.82) is 0 Å². The third-order valence-corrected chi connectivity index (χ3v) is 3.67. The van der Waals surface area contributed by atoms with E-state index in [1.165, 1.54) is 0 Å². The van der Waals surface area contributed by atoms with Crippen LogP contribution in [0.5, 0.6) is 5.75 Å². The molecule has 6 nitrogen and oxygen atoms in total. The number of aliphatic imine (C=N–C) groups is 1. The second-order valence-corrected chi connectivity index (χ2v) is 5.29. The number of rotatable bonds is 9. The number of hydrogen-bond donors (Lipinski definition) is 2. The molecule has 0 saturated heterocycles. The Hall–Kier alpha value is -1.51. The van der Waals surface area contributed by atoms with Crippen LogP contribution < -0.4 is 15.4 Å². The van der Waals surface area contributed by atoms with Crippen LogP contribution >= 0.6 is 24.0 Å². The maximum absolute atomic E-state index is 12.0. The van der Waals surface area contributed by atoms with E-state index in [0.717, 1.165) is 36.9 Å². The van der Waals surface area contributed by atoms with Crippen LogP contribution in [0, 0.1) is 0 Å². The molecule has 1 aromatic carbocycles. The smallest absolute Gasteiger partial charge is 0.224 e. The molecule has 1 aromatic rings. The van der Waals surface area contributed by atoms with E-state index in [2.05, 4.69) is 15.6 Å². The summed E-state index contributed by atoms with van der Waals surface area (Å²) < 4.78 is 5.15. The SMILES string of the molecule is CCNC(=NCc1ccc(OC)cc1)NCCC(=O)N(CC)CC.I. The molecule has 142 valence electrons. The zero-order chi connectivity index (χ0) is 17.8. The van der Waals surface area contributed by atoms with Crippen molar-refractivity contribution in [3.8, 4) is 5.75 Å². The van der Waals surface area contributed by atoms with Gasteiger partial charge >= 0.3 is 0 Å². The summed E-state index contributed by atoms with van der Waals surface area (Å²) in [5.41, 5.74) is 1.10. The molecule has 0 aromatic heterocycles. The second-order valence-electron chi connectivity index (χ2n) is 5.29. The van der Waals surface area contributed by atoms with Crippen molar-refractivity contribution in [2.24, 2.45) is 4.99 Å². The van der Waals surface area contributed by atoms with Crippen molar-refractivity contribution in [3.63, 3.8) is 0 Å². The van der Waals surface area contributed by atoms with E-state index in [9.17, 15) is 4.79 Å². The van der Waals surface area contributed by atoms with Gasteiger partial charge in [0.1, 0.15) is 5.75 Å². The maximum atomic E-state index is 12.0. The molecule has 0 radical (unpaired) electrons. The molecular formula is C18H31IN4O2. The summed E-state index contributed by atoms with van der Waals surface area (Å²) in [6.45, 7) is 9.43. The quantitative estimate of drug-likeness (QED) is 0.337. The highest BCUT2D eigenvalue weighted by atomic mass is 127. The van der Waals surface area contributed by atoms with Gasteiger partial charge in [-0.1, -0.05) is 12.1 Å². The highest BCUT2D eigenvalue weighted by Crippen LogP contribution is 2.11. The fraction of sp³-hybridized carbons (Fsp3) is 0.556.